The molecule has 0 radical (unpaired) electrons. The van der Waals surface area contributed by atoms with E-state index in [0.29, 0.717) is 42.3 Å². The Labute approximate surface area is 140 Å². The smallest absolute Gasteiger partial charge is 0.274 e. The number of anilines is 1. The Hall–Kier alpha value is -1.81. The van der Waals surface area contributed by atoms with Crippen molar-refractivity contribution in [2.24, 2.45) is 5.92 Å². The highest BCUT2D eigenvalue weighted by atomic mass is 32.3. The van der Waals surface area contributed by atoms with Gasteiger partial charge in [-0.3, -0.25) is 23.9 Å². The molecule has 0 atom stereocenters. The molecule has 1 saturated heterocycles. The lowest BCUT2D eigenvalue weighted by molar-refractivity contribution is -0.121. The molecule has 0 unspecified atom stereocenters. The third-order valence-electron chi connectivity index (χ3n) is 4.41. The van der Waals surface area contributed by atoms with Gasteiger partial charge in [0.1, 0.15) is 5.75 Å². The van der Waals surface area contributed by atoms with Gasteiger partial charge >= 0.3 is 0 Å². The number of carbonyl (C=O) groups is 2. The Morgan fingerprint density at radius 2 is 2.04 bits per heavy atom. The second-order valence-electron chi connectivity index (χ2n) is 6.07. The van der Waals surface area contributed by atoms with Gasteiger partial charge < -0.3 is 9.64 Å². The van der Waals surface area contributed by atoms with E-state index < -0.39 is 16.5 Å². The molecule has 0 saturated carbocycles. The zero-order valence-corrected chi connectivity index (χ0v) is 13.8. The highest BCUT2D eigenvalue weighted by Gasteiger charge is 2.31. The average Bonchev–Trinajstić information content (AvgIpc) is 2.57. The molecule has 0 bridgehead atoms. The third-order valence-corrected chi connectivity index (χ3v) is 6.19. The minimum atomic E-state index is -2.46. The second-order valence-corrected chi connectivity index (χ2v) is 8.49. The first-order valence-electron chi connectivity index (χ1n) is 7.65. The second kappa shape index (κ2) is 6.60. The Balaban J connectivity index is 1.81. The van der Waals surface area contributed by atoms with E-state index in [4.69, 9.17) is 9.94 Å². The van der Waals surface area contributed by atoms with Gasteiger partial charge in [-0.1, -0.05) is 0 Å². The maximum Gasteiger partial charge on any atom is 0.274 e. The van der Waals surface area contributed by atoms with Crippen molar-refractivity contribution in [3.63, 3.8) is 0 Å². The largest absolute Gasteiger partial charge is 0.482 e. The van der Waals surface area contributed by atoms with Gasteiger partial charge in [-0.25, -0.2) is 5.48 Å². The third kappa shape index (κ3) is 3.48. The fourth-order valence-corrected chi connectivity index (χ4v) is 4.63. The minimum absolute atomic E-state index is 0.0690. The predicted octanol–water partition coefficient (Wildman–Crippen LogP) is 1.69. The van der Waals surface area contributed by atoms with Crippen LogP contribution in [-0.4, -0.2) is 50.8 Å². The normalized spacial score (nSPS) is 21.6. The van der Waals surface area contributed by atoms with Crippen LogP contribution in [0, 0.1) is 5.92 Å². The molecule has 2 aliphatic rings. The average molecular weight is 356 g/mol. The van der Waals surface area contributed by atoms with Crippen LogP contribution in [0.5, 0.6) is 5.75 Å². The molecule has 9 heteroatoms. The summed E-state index contributed by atoms with van der Waals surface area (Å²) in [5, 5.41) is 8.76. The van der Waals surface area contributed by atoms with Crippen LogP contribution in [0.15, 0.2) is 18.2 Å². The van der Waals surface area contributed by atoms with Crippen molar-refractivity contribution in [3.8, 4) is 5.75 Å². The van der Waals surface area contributed by atoms with E-state index in [1.165, 1.54) is 12.1 Å². The van der Waals surface area contributed by atoms with Gasteiger partial charge in [0.05, 0.1) is 5.69 Å². The van der Waals surface area contributed by atoms with Gasteiger partial charge in [0.2, 0.25) is 0 Å². The summed E-state index contributed by atoms with van der Waals surface area (Å²) in [7, 11) is -2.46. The van der Waals surface area contributed by atoms with Gasteiger partial charge in [-0.05, 0) is 37.0 Å². The Kier molecular flexibility index (Phi) is 4.68. The number of nitrogens with zero attached hydrogens (tertiary/aromatic N) is 1. The quantitative estimate of drug-likeness (QED) is 0.483. The lowest BCUT2D eigenvalue weighted by atomic mass is 10.0. The van der Waals surface area contributed by atoms with E-state index in [0.717, 1.165) is 0 Å². The fourth-order valence-electron chi connectivity index (χ4n) is 3.01. The first kappa shape index (κ1) is 17.0. The van der Waals surface area contributed by atoms with Gasteiger partial charge in [0.25, 0.3) is 11.8 Å². The summed E-state index contributed by atoms with van der Waals surface area (Å²) in [4.78, 5) is 25.4. The number of hydrogen-bond acceptors (Lipinski definition) is 6. The number of carbonyl (C=O) groups excluding carboxylic acids is 2. The van der Waals surface area contributed by atoms with Gasteiger partial charge in [-0.15, -0.1) is 0 Å². The van der Waals surface area contributed by atoms with Crippen LogP contribution in [0.25, 0.3) is 0 Å². The summed E-state index contributed by atoms with van der Waals surface area (Å²) >= 11 is 0. The molecule has 0 aliphatic carbocycles. The van der Waals surface area contributed by atoms with E-state index in [2.05, 4.69) is 0 Å². The summed E-state index contributed by atoms with van der Waals surface area (Å²) in [5.41, 5.74) is 2.28. The van der Waals surface area contributed by atoms with Gasteiger partial charge in [-0.2, -0.15) is 10.6 Å². The lowest BCUT2D eigenvalue weighted by Crippen LogP contribution is -2.43. The number of rotatable bonds is 3. The highest BCUT2D eigenvalue weighted by molar-refractivity contribution is 8.24. The minimum Gasteiger partial charge on any atom is -0.482 e. The molecule has 1 aromatic rings. The molecule has 2 heterocycles. The summed E-state index contributed by atoms with van der Waals surface area (Å²) in [6.07, 6.45) is 1.28. The highest BCUT2D eigenvalue weighted by Crippen LogP contribution is 2.46. The number of fused-ring (bicyclic) bond motifs is 1. The van der Waals surface area contributed by atoms with Crippen molar-refractivity contribution in [1.29, 1.82) is 0 Å². The molecule has 132 valence electrons. The Morgan fingerprint density at radius 3 is 2.71 bits per heavy atom. The molecule has 24 heavy (non-hydrogen) atoms. The number of ether oxygens (including phenoxy) is 1. The first-order chi connectivity index (χ1) is 11.4. The van der Waals surface area contributed by atoms with Crippen LogP contribution < -0.4 is 15.1 Å². The van der Waals surface area contributed by atoms with Crippen molar-refractivity contribution in [1.82, 2.24) is 5.48 Å². The number of hydrogen-bond donors (Lipinski definition) is 4. The molecule has 4 N–H and O–H groups in total. The topological polar surface area (TPSA) is 119 Å². The molecular weight excluding hydrogens is 336 g/mol. The van der Waals surface area contributed by atoms with E-state index >= 15 is 0 Å². The van der Waals surface area contributed by atoms with E-state index in [1.807, 2.05) is 0 Å². The molecule has 8 nitrogen and oxygen atoms in total. The van der Waals surface area contributed by atoms with E-state index in [1.54, 1.807) is 16.4 Å². The predicted molar refractivity (Wildman–Crippen MR) is 88.8 cm³/mol. The molecular formula is C15H20N2O6S. The van der Waals surface area contributed by atoms with Crippen LogP contribution in [-0.2, 0) is 4.79 Å². The molecule has 0 spiro atoms. The number of nitrogens with one attached hydrogen (secondary N) is 1. The zero-order chi connectivity index (χ0) is 17.3. The SMILES string of the molecule is O=C(NO)c1ccc2c(c1)N(CC1CCS(O)(O)CC1)C(=O)CO2. The maximum absolute atomic E-state index is 12.3. The summed E-state index contributed by atoms with van der Waals surface area (Å²) in [5.74, 6) is 0.509. The van der Waals surface area contributed by atoms with Gasteiger partial charge in [0.15, 0.2) is 6.61 Å². The molecule has 1 aromatic carbocycles. The van der Waals surface area contributed by atoms with Crippen molar-refractivity contribution >= 4 is 28.1 Å². The van der Waals surface area contributed by atoms with Crippen LogP contribution >= 0.6 is 10.6 Å². The first-order valence-corrected chi connectivity index (χ1v) is 9.53. The van der Waals surface area contributed by atoms with Crippen LogP contribution in [0.3, 0.4) is 0 Å². The van der Waals surface area contributed by atoms with E-state index in [9.17, 15) is 18.7 Å². The van der Waals surface area contributed by atoms with E-state index in [-0.39, 0.29) is 24.0 Å². The van der Waals surface area contributed by atoms with Gasteiger partial charge in [0, 0.05) is 23.6 Å². The summed E-state index contributed by atoms with van der Waals surface area (Å²) in [6.45, 7) is 0.370. The zero-order valence-electron chi connectivity index (χ0n) is 13.0. The van der Waals surface area contributed by atoms with Crippen LogP contribution in [0.1, 0.15) is 23.2 Å². The fraction of sp³-hybridized carbons (Fsp3) is 0.467. The number of amides is 2. The molecule has 2 aliphatic heterocycles. The van der Waals surface area contributed by atoms with Crippen molar-refractivity contribution < 1.29 is 28.6 Å². The standard InChI is InChI=1S/C15H20N2O6S/c18-14-9-23-13-2-1-11(15(19)16-20)7-12(13)17(14)8-10-3-5-24(21,22)6-4-10/h1-2,7,10,20-22H,3-6,8-9H2,(H,16,19). The Bertz CT molecular complexity index is 655. The van der Waals surface area contributed by atoms with Crippen molar-refractivity contribution in [2.45, 2.75) is 12.8 Å². The lowest BCUT2D eigenvalue weighted by Gasteiger charge is -2.41. The van der Waals surface area contributed by atoms with Crippen molar-refractivity contribution in [3.05, 3.63) is 23.8 Å². The number of hydroxylamine groups is 1. The van der Waals surface area contributed by atoms with Crippen molar-refractivity contribution in [2.75, 3.05) is 29.6 Å². The van der Waals surface area contributed by atoms with Crippen LogP contribution in [0.4, 0.5) is 5.69 Å². The molecule has 3 rings (SSSR count). The monoisotopic (exact) mass is 356 g/mol. The molecule has 2 amide bonds. The van der Waals surface area contributed by atoms with Crippen LogP contribution in [0.2, 0.25) is 0 Å². The molecule has 0 aromatic heterocycles. The number of benzene rings is 1. The summed E-state index contributed by atoms with van der Waals surface area (Å²) < 4.78 is 24.8. The maximum atomic E-state index is 12.3. The molecule has 1 fully saturated rings. The Morgan fingerprint density at radius 1 is 1.33 bits per heavy atom. The summed E-state index contributed by atoms with van der Waals surface area (Å²) in [6, 6.07) is 4.61.